The van der Waals surface area contributed by atoms with E-state index in [-0.39, 0.29) is 24.8 Å². The molecule has 1 aliphatic heterocycles. The van der Waals surface area contributed by atoms with Gasteiger partial charge in [-0.05, 0) is 18.7 Å². The second-order valence-electron chi connectivity index (χ2n) is 6.84. The van der Waals surface area contributed by atoms with Crippen molar-refractivity contribution in [2.75, 3.05) is 38.1 Å². The summed E-state index contributed by atoms with van der Waals surface area (Å²) in [6.45, 7) is 4.27. The van der Waals surface area contributed by atoms with Crippen molar-refractivity contribution in [2.45, 2.75) is 6.54 Å². The Morgan fingerprint density at radius 2 is 1.75 bits per heavy atom. The highest BCUT2D eigenvalue weighted by Gasteiger charge is 2.24. The SMILES string of the molecule is CN1CCN(c2ncc3ccn(Cc4ccccc4)c3c2C(N)=O)CC1.Cl.Cl. The number of fused-ring (bicyclic) bond motifs is 1. The highest BCUT2D eigenvalue weighted by molar-refractivity contribution is 6.09. The third-order valence-electron chi connectivity index (χ3n) is 5.03. The molecule has 0 unspecified atom stereocenters. The third kappa shape index (κ3) is 4.24. The van der Waals surface area contributed by atoms with E-state index in [4.69, 9.17) is 5.73 Å². The van der Waals surface area contributed by atoms with Gasteiger partial charge in [0, 0.05) is 50.5 Å². The summed E-state index contributed by atoms with van der Waals surface area (Å²) in [4.78, 5) is 21.4. The number of rotatable bonds is 4. The van der Waals surface area contributed by atoms with Gasteiger partial charge in [0.05, 0.1) is 5.52 Å². The molecule has 0 aliphatic carbocycles. The van der Waals surface area contributed by atoms with Crippen LogP contribution in [-0.4, -0.2) is 53.6 Å². The average Bonchev–Trinajstić information content (AvgIpc) is 3.05. The standard InChI is InChI=1S/C20H23N5O.2ClH/c1-23-9-11-24(12-10-23)20-17(19(21)26)18-16(13-22-20)7-8-25(18)14-15-5-3-2-4-6-15;;/h2-8,13H,9-12,14H2,1H3,(H2,21,26);2*1H. The van der Waals surface area contributed by atoms with Crippen molar-refractivity contribution in [3.63, 3.8) is 0 Å². The van der Waals surface area contributed by atoms with E-state index < -0.39 is 5.91 Å². The van der Waals surface area contributed by atoms with Crippen molar-refractivity contribution in [3.8, 4) is 0 Å². The van der Waals surface area contributed by atoms with Crippen LogP contribution in [0.3, 0.4) is 0 Å². The van der Waals surface area contributed by atoms with Crippen molar-refractivity contribution in [2.24, 2.45) is 5.73 Å². The normalized spacial score (nSPS) is 14.4. The number of amides is 1. The van der Waals surface area contributed by atoms with E-state index in [1.54, 1.807) is 0 Å². The van der Waals surface area contributed by atoms with E-state index >= 15 is 0 Å². The molecule has 0 bridgehead atoms. The van der Waals surface area contributed by atoms with E-state index in [2.05, 4.69) is 38.5 Å². The maximum absolute atomic E-state index is 12.4. The molecule has 0 spiro atoms. The van der Waals surface area contributed by atoms with Gasteiger partial charge < -0.3 is 20.1 Å². The van der Waals surface area contributed by atoms with E-state index in [0.717, 1.165) is 37.1 Å². The van der Waals surface area contributed by atoms with Gasteiger partial charge in [0.2, 0.25) is 0 Å². The van der Waals surface area contributed by atoms with Crippen LogP contribution in [0.25, 0.3) is 10.9 Å². The Morgan fingerprint density at radius 1 is 1.07 bits per heavy atom. The number of primary amides is 1. The minimum Gasteiger partial charge on any atom is -0.365 e. The number of nitrogens with zero attached hydrogens (tertiary/aromatic N) is 4. The van der Waals surface area contributed by atoms with Crippen molar-refractivity contribution >= 4 is 47.4 Å². The first-order chi connectivity index (χ1) is 12.6. The van der Waals surface area contributed by atoms with Gasteiger partial charge in [-0.2, -0.15) is 0 Å². The third-order valence-corrected chi connectivity index (χ3v) is 5.03. The van der Waals surface area contributed by atoms with Crippen LogP contribution in [0.15, 0.2) is 48.8 Å². The lowest BCUT2D eigenvalue weighted by atomic mass is 10.1. The first kappa shape index (κ1) is 22.0. The predicted molar refractivity (Wildman–Crippen MR) is 118 cm³/mol. The molecule has 1 fully saturated rings. The molecule has 0 saturated carbocycles. The lowest BCUT2D eigenvalue weighted by Gasteiger charge is -2.34. The van der Waals surface area contributed by atoms with E-state index in [9.17, 15) is 4.79 Å². The van der Waals surface area contributed by atoms with E-state index in [1.165, 1.54) is 5.56 Å². The number of nitrogens with two attached hydrogens (primary N) is 1. The molecule has 4 rings (SSSR count). The second kappa shape index (κ2) is 9.28. The molecule has 1 saturated heterocycles. The molecule has 8 heteroatoms. The molecule has 3 heterocycles. The molecular weight excluding hydrogens is 397 g/mol. The van der Waals surface area contributed by atoms with Gasteiger partial charge in [-0.25, -0.2) is 4.98 Å². The molecule has 3 aromatic rings. The van der Waals surface area contributed by atoms with Crippen LogP contribution in [0.4, 0.5) is 5.82 Å². The Bertz CT molecular complexity index is 936. The Labute approximate surface area is 177 Å². The summed E-state index contributed by atoms with van der Waals surface area (Å²) in [6, 6.07) is 12.2. The predicted octanol–water partition coefficient (Wildman–Crippen LogP) is 2.78. The minimum atomic E-state index is -0.426. The van der Waals surface area contributed by atoms with Gasteiger partial charge in [0.25, 0.3) is 5.91 Å². The largest absolute Gasteiger partial charge is 0.365 e. The lowest BCUT2D eigenvalue weighted by Crippen LogP contribution is -2.45. The van der Waals surface area contributed by atoms with Gasteiger partial charge in [-0.1, -0.05) is 30.3 Å². The van der Waals surface area contributed by atoms with E-state index in [1.807, 2.05) is 36.7 Å². The second-order valence-corrected chi connectivity index (χ2v) is 6.84. The molecule has 0 radical (unpaired) electrons. The van der Waals surface area contributed by atoms with Crippen molar-refractivity contribution < 1.29 is 4.79 Å². The average molecular weight is 422 g/mol. The molecule has 150 valence electrons. The summed E-state index contributed by atoms with van der Waals surface area (Å²) in [5, 5.41) is 0.938. The first-order valence-electron chi connectivity index (χ1n) is 8.88. The first-order valence-corrected chi connectivity index (χ1v) is 8.88. The van der Waals surface area contributed by atoms with Crippen LogP contribution >= 0.6 is 24.8 Å². The van der Waals surface area contributed by atoms with E-state index in [0.29, 0.717) is 17.9 Å². The Balaban J connectivity index is 0.00000140. The fraction of sp³-hybridized carbons (Fsp3) is 0.300. The minimum absolute atomic E-state index is 0. The molecule has 0 atom stereocenters. The molecular formula is C20H25Cl2N5O. The zero-order valence-corrected chi connectivity index (χ0v) is 17.4. The Kier molecular flexibility index (Phi) is 7.29. The summed E-state index contributed by atoms with van der Waals surface area (Å²) in [5.74, 6) is 0.274. The number of piperazine rings is 1. The van der Waals surface area contributed by atoms with Gasteiger partial charge in [-0.3, -0.25) is 4.79 Å². The van der Waals surface area contributed by atoms with Crippen LogP contribution in [0, 0.1) is 0 Å². The van der Waals surface area contributed by atoms with Gasteiger partial charge >= 0.3 is 0 Å². The molecule has 1 aliphatic rings. The molecule has 2 N–H and O–H groups in total. The summed E-state index contributed by atoms with van der Waals surface area (Å²) in [6.07, 6.45) is 3.84. The van der Waals surface area contributed by atoms with Gasteiger partial charge in [0.1, 0.15) is 11.4 Å². The van der Waals surface area contributed by atoms with Gasteiger partial charge in [0.15, 0.2) is 0 Å². The topological polar surface area (TPSA) is 67.4 Å². The number of anilines is 1. The molecule has 2 aromatic heterocycles. The summed E-state index contributed by atoms with van der Waals surface area (Å²) < 4.78 is 2.09. The highest BCUT2D eigenvalue weighted by atomic mass is 35.5. The fourth-order valence-corrected chi connectivity index (χ4v) is 3.58. The fourth-order valence-electron chi connectivity index (χ4n) is 3.58. The Morgan fingerprint density at radius 3 is 2.39 bits per heavy atom. The van der Waals surface area contributed by atoms with Crippen LogP contribution in [0.5, 0.6) is 0 Å². The maximum Gasteiger partial charge on any atom is 0.254 e. The highest BCUT2D eigenvalue weighted by Crippen LogP contribution is 2.28. The molecule has 1 amide bonds. The van der Waals surface area contributed by atoms with Crippen LogP contribution in [0.1, 0.15) is 15.9 Å². The van der Waals surface area contributed by atoms with Crippen molar-refractivity contribution in [1.82, 2.24) is 14.5 Å². The number of carbonyl (C=O) groups excluding carboxylic acids is 1. The van der Waals surface area contributed by atoms with Gasteiger partial charge in [-0.15, -0.1) is 24.8 Å². The maximum atomic E-state index is 12.4. The van der Waals surface area contributed by atoms with Crippen molar-refractivity contribution in [1.29, 1.82) is 0 Å². The number of benzene rings is 1. The number of hydrogen-bond donors (Lipinski definition) is 1. The number of carbonyl (C=O) groups is 1. The molecule has 6 nitrogen and oxygen atoms in total. The van der Waals surface area contributed by atoms with Crippen LogP contribution in [0.2, 0.25) is 0 Å². The van der Waals surface area contributed by atoms with Crippen LogP contribution in [-0.2, 0) is 6.54 Å². The molecule has 1 aromatic carbocycles. The molecule has 28 heavy (non-hydrogen) atoms. The monoisotopic (exact) mass is 421 g/mol. The zero-order valence-electron chi connectivity index (χ0n) is 15.7. The number of likely N-dealkylation sites (N-methyl/N-ethyl adjacent to an activating group) is 1. The van der Waals surface area contributed by atoms with Crippen molar-refractivity contribution in [3.05, 3.63) is 59.9 Å². The summed E-state index contributed by atoms with van der Waals surface area (Å²) in [7, 11) is 2.11. The zero-order chi connectivity index (χ0) is 18.1. The lowest BCUT2D eigenvalue weighted by molar-refractivity contribution is 0.100. The number of pyridine rings is 1. The number of aromatic nitrogens is 2. The summed E-state index contributed by atoms with van der Waals surface area (Å²) in [5.41, 5.74) is 8.37. The quantitative estimate of drug-likeness (QED) is 0.702. The summed E-state index contributed by atoms with van der Waals surface area (Å²) >= 11 is 0. The number of hydrogen-bond acceptors (Lipinski definition) is 4. The number of halogens is 2. The Hall–Kier alpha value is -2.28. The smallest absolute Gasteiger partial charge is 0.254 e. The van der Waals surface area contributed by atoms with Crippen LogP contribution < -0.4 is 10.6 Å².